The van der Waals surface area contributed by atoms with E-state index in [1.807, 2.05) is 0 Å². The van der Waals surface area contributed by atoms with E-state index < -0.39 is 0 Å². The van der Waals surface area contributed by atoms with Gasteiger partial charge in [0.15, 0.2) is 0 Å². The van der Waals surface area contributed by atoms with Gasteiger partial charge in [0.05, 0.1) is 5.60 Å². The zero-order valence-electron chi connectivity index (χ0n) is 11.6. The van der Waals surface area contributed by atoms with Crippen molar-refractivity contribution in [2.75, 3.05) is 6.61 Å². The summed E-state index contributed by atoms with van der Waals surface area (Å²) in [6, 6.07) is 0. The first kappa shape index (κ1) is 15.0. The van der Waals surface area contributed by atoms with Gasteiger partial charge in [0.1, 0.15) is 0 Å². The van der Waals surface area contributed by atoms with Crippen LogP contribution in [0.5, 0.6) is 0 Å². The van der Waals surface area contributed by atoms with Crippen molar-refractivity contribution in [3.63, 3.8) is 0 Å². The molecule has 0 bridgehead atoms. The molecule has 0 aliphatic carbocycles. The van der Waals surface area contributed by atoms with E-state index in [9.17, 15) is 0 Å². The van der Waals surface area contributed by atoms with E-state index in [1.54, 1.807) is 0 Å². The minimum Gasteiger partial charge on any atom is -0.375 e. The molecule has 0 heterocycles. The maximum absolute atomic E-state index is 6.15. The highest BCUT2D eigenvalue weighted by Gasteiger charge is 2.27. The fourth-order valence-corrected chi connectivity index (χ4v) is 2.06. The second-order valence-electron chi connectivity index (χ2n) is 5.52. The number of ether oxygens (including phenoxy) is 1. The fourth-order valence-electron chi connectivity index (χ4n) is 2.06. The molecule has 0 spiro atoms. The van der Waals surface area contributed by atoms with Crippen LogP contribution in [-0.2, 0) is 4.74 Å². The van der Waals surface area contributed by atoms with Gasteiger partial charge in [-0.2, -0.15) is 0 Å². The zero-order valence-corrected chi connectivity index (χ0v) is 11.6. The number of hydrogen-bond donors (Lipinski definition) is 0. The summed E-state index contributed by atoms with van der Waals surface area (Å²) in [5, 5.41) is 0. The molecular weight excluding hydrogens is 184 g/mol. The molecule has 92 valence electrons. The lowest BCUT2D eigenvalue weighted by atomic mass is 9.87. The van der Waals surface area contributed by atoms with Crippen molar-refractivity contribution >= 4 is 0 Å². The highest BCUT2D eigenvalue weighted by molar-refractivity contribution is 4.79. The van der Waals surface area contributed by atoms with Gasteiger partial charge in [0.25, 0.3) is 0 Å². The lowest BCUT2D eigenvalue weighted by Gasteiger charge is -2.34. The van der Waals surface area contributed by atoms with Crippen molar-refractivity contribution in [2.45, 2.75) is 72.8 Å². The third-order valence-corrected chi connectivity index (χ3v) is 3.17. The van der Waals surface area contributed by atoms with Crippen molar-refractivity contribution < 1.29 is 4.74 Å². The van der Waals surface area contributed by atoms with Gasteiger partial charge in [-0.05, 0) is 37.5 Å². The molecule has 0 unspecified atom stereocenters. The Morgan fingerprint density at radius 3 is 1.80 bits per heavy atom. The van der Waals surface area contributed by atoms with E-state index in [2.05, 4.69) is 41.5 Å². The van der Waals surface area contributed by atoms with E-state index in [-0.39, 0.29) is 5.60 Å². The molecule has 0 aromatic carbocycles. The van der Waals surface area contributed by atoms with Crippen molar-refractivity contribution in [3.05, 3.63) is 0 Å². The van der Waals surface area contributed by atoms with Gasteiger partial charge >= 0.3 is 0 Å². The van der Waals surface area contributed by atoms with Crippen LogP contribution in [-0.4, -0.2) is 12.2 Å². The Balaban J connectivity index is 4.11. The van der Waals surface area contributed by atoms with E-state index in [4.69, 9.17) is 4.74 Å². The minimum absolute atomic E-state index is 0.142. The van der Waals surface area contributed by atoms with Gasteiger partial charge in [-0.15, -0.1) is 0 Å². The number of hydrogen-bond acceptors (Lipinski definition) is 1. The molecule has 0 rings (SSSR count). The molecule has 15 heavy (non-hydrogen) atoms. The Bertz CT molecular complexity index is 145. The SMILES string of the molecule is CCC(CC)(CC(C)C)OCCC(C)C. The van der Waals surface area contributed by atoms with Crippen LogP contribution in [0.1, 0.15) is 67.2 Å². The molecule has 0 N–H and O–H groups in total. The van der Waals surface area contributed by atoms with Crippen molar-refractivity contribution in [3.8, 4) is 0 Å². The van der Waals surface area contributed by atoms with Gasteiger partial charge in [-0.1, -0.05) is 41.5 Å². The summed E-state index contributed by atoms with van der Waals surface area (Å²) in [5.41, 5.74) is 0.142. The molecule has 0 aromatic heterocycles. The van der Waals surface area contributed by atoms with Crippen LogP contribution in [0.25, 0.3) is 0 Å². The molecule has 0 radical (unpaired) electrons. The fraction of sp³-hybridized carbons (Fsp3) is 1.00. The summed E-state index contributed by atoms with van der Waals surface area (Å²) in [4.78, 5) is 0. The Labute approximate surface area is 96.6 Å². The minimum atomic E-state index is 0.142. The van der Waals surface area contributed by atoms with E-state index in [0.29, 0.717) is 0 Å². The molecule has 0 aromatic rings. The normalized spacial score (nSPS) is 12.8. The average Bonchev–Trinajstić information content (AvgIpc) is 2.15. The van der Waals surface area contributed by atoms with E-state index >= 15 is 0 Å². The van der Waals surface area contributed by atoms with Crippen LogP contribution in [0.4, 0.5) is 0 Å². The summed E-state index contributed by atoms with van der Waals surface area (Å²) >= 11 is 0. The Hall–Kier alpha value is -0.0400. The molecule has 0 aliphatic rings. The molecule has 0 fully saturated rings. The Morgan fingerprint density at radius 1 is 0.933 bits per heavy atom. The first-order chi connectivity index (χ1) is 6.95. The molecule has 1 nitrogen and oxygen atoms in total. The summed E-state index contributed by atoms with van der Waals surface area (Å²) in [7, 11) is 0. The Morgan fingerprint density at radius 2 is 1.47 bits per heavy atom. The molecule has 0 atom stereocenters. The number of rotatable bonds is 8. The van der Waals surface area contributed by atoms with Crippen molar-refractivity contribution in [1.82, 2.24) is 0 Å². The monoisotopic (exact) mass is 214 g/mol. The largest absolute Gasteiger partial charge is 0.375 e. The molecular formula is C14H30O. The summed E-state index contributed by atoms with van der Waals surface area (Å²) < 4.78 is 6.15. The first-order valence-corrected chi connectivity index (χ1v) is 6.59. The van der Waals surface area contributed by atoms with Gasteiger partial charge in [0, 0.05) is 6.61 Å². The van der Waals surface area contributed by atoms with Crippen LogP contribution in [0.2, 0.25) is 0 Å². The zero-order chi connectivity index (χ0) is 11.9. The van der Waals surface area contributed by atoms with Crippen molar-refractivity contribution in [2.24, 2.45) is 11.8 Å². The summed E-state index contributed by atoms with van der Waals surface area (Å²) in [5.74, 6) is 1.47. The molecule has 0 saturated heterocycles. The van der Waals surface area contributed by atoms with Crippen LogP contribution in [0.15, 0.2) is 0 Å². The van der Waals surface area contributed by atoms with Gasteiger partial charge in [-0.3, -0.25) is 0 Å². The van der Waals surface area contributed by atoms with Crippen LogP contribution in [0, 0.1) is 11.8 Å². The third kappa shape index (κ3) is 6.19. The second kappa shape index (κ2) is 7.27. The standard InChI is InChI=1S/C14H30O/c1-7-14(8-2,11-13(5)6)15-10-9-12(3)4/h12-13H,7-11H2,1-6H3. The highest BCUT2D eigenvalue weighted by Crippen LogP contribution is 2.29. The van der Waals surface area contributed by atoms with Crippen LogP contribution in [0.3, 0.4) is 0 Å². The van der Waals surface area contributed by atoms with Gasteiger partial charge < -0.3 is 4.74 Å². The van der Waals surface area contributed by atoms with Crippen molar-refractivity contribution in [1.29, 1.82) is 0 Å². The summed E-state index contributed by atoms with van der Waals surface area (Å²) in [6.07, 6.45) is 4.65. The Kier molecular flexibility index (Phi) is 7.25. The molecule has 0 aliphatic heterocycles. The quantitative estimate of drug-likeness (QED) is 0.571. The first-order valence-electron chi connectivity index (χ1n) is 6.59. The van der Waals surface area contributed by atoms with Gasteiger partial charge in [-0.25, -0.2) is 0 Å². The van der Waals surface area contributed by atoms with Gasteiger partial charge in [0.2, 0.25) is 0 Å². The van der Waals surface area contributed by atoms with Crippen LogP contribution < -0.4 is 0 Å². The maximum atomic E-state index is 6.15. The van der Waals surface area contributed by atoms with E-state index in [0.717, 1.165) is 31.3 Å². The molecule has 1 heteroatoms. The predicted molar refractivity (Wildman–Crippen MR) is 68.2 cm³/mol. The summed E-state index contributed by atoms with van der Waals surface area (Å²) in [6.45, 7) is 14.5. The average molecular weight is 214 g/mol. The van der Waals surface area contributed by atoms with Crippen LogP contribution >= 0.6 is 0 Å². The van der Waals surface area contributed by atoms with E-state index in [1.165, 1.54) is 12.8 Å². The molecule has 0 saturated carbocycles. The lowest BCUT2D eigenvalue weighted by Crippen LogP contribution is -2.33. The third-order valence-electron chi connectivity index (χ3n) is 3.17. The smallest absolute Gasteiger partial charge is 0.0679 e. The predicted octanol–water partition coefficient (Wildman–Crippen LogP) is 4.65. The lowest BCUT2D eigenvalue weighted by molar-refractivity contribution is -0.0680. The second-order valence-corrected chi connectivity index (χ2v) is 5.52. The highest BCUT2D eigenvalue weighted by atomic mass is 16.5. The topological polar surface area (TPSA) is 9.23 Å². The maximum Gasteiger partial charge on any atom is 0.0679 e. The molecule has 0 amide bonds.